The predicted octanol–water partition coefficient (Wildman–Crippen LogP) is 2.41. The van der Waals surface area contributed by atoms with Gasteiger partial charge in [-0.1, -0.05) is 48.5 Å². The molecule has 2 atom stereocenters. The lowest BCUT2D eigenvalue weighted by atomic mass is 10.0. The molecule has 0 aliphatic heterocycles. The number of para-hydroxylation sites is 1. The Labute approximate surface area is 224 Å². The average Bonchev–Trinajstić information content (AvgIpc) is 2.93. The second kappa shape index (κ2) is 14.7. The number of nitrogens with zero attached hydrogens (tertiary/aromatic N) is 2. The molecule has 38 heavy (non-hydrogen) atoms. The van der Waals surface area contributed by atoms with E-state index in [2.05, 4.69) is 22.5 Å². The molecule has 1 aromatic heterocycles. The number of aromatic nitrogens is 1. The van der Waals surface area contributed by atoms with Gasteiger partial charge < -0.3 is 27.0 Å². The molecule has 0 aliphatic rings. The minimum Gasteiger partial charge on any atom is -0.343 e. The third-order valence-corrected chi connectivity index (χ3v) is 6.22. The van der Waals surface area contributed by atoms with Crippen molar-refractivity contribution >= 4 is 34.3 Å². The van der Waals surface area contributed by atoms with E-state index in [0.717, 1.165) is 22.9 Å². The number of amides is 3. The fourth-order valence-corrected chi connectivity index (χ4v) is 4.10. The number of pyridine rings is 1. The van der Waals surface area contributed by atoms with Crippen molar-refractivity contribution in [2.45, 2.75) is 44.2 Å². The Morgan fingerprint density at radius 1 is 1.00 bits per heavy atom. The fraction of sp³-hybridized carbons (Fsp3) is 0.345. The third kappa shape index (κ3) is 8.57. The zero-order chi connectivity index (χ0) is 27.3. The number of rotatable bonds is 14. The predicted molar refractivity (Wildman–Crippen MR) is 150 cm³/mol. The lowest BCUT2D eigenvalue weighted by molar-refractivity contribution is -0.134. The minimum atomic E-state index is -1.10. The van der Waals surface area contributed by atoms with Crippen LogP contribution in [0.1, 0.15) is 31.2 Å². The summed E-state index contributed by atoms with van der Waals surface area (Å²) in [6.07, 6.45) is 3.75. The highest BCUT2D eigenvalue weighted by Crippen LogP contribution is 2.17. The summed E-state index contributed by atoms with van der Waals surface area (Å²) in [6, 6.07) is 17.2. The number of fused-ring (bicyclic) bond motifs is 1. The number of aryl methyl sites for hydroxylation is 1. The number of hydrogen-bond acceptors (Lipinski definition) is 6. The lowest BCUT2D eigenvalue weighted by Crippen LogP contribution is -2.51. The zero-order valence-corrected chi connectivity index (χ0v) is 21.6. The monoisotopic (exact) mass is 517 g/mol. The van der Waals surface area contributed by atoms with Crippen LogP contribution in [-0.4, -0.2) is 59.3 Å². The maximum atomic E-state index is 13.3. The first kappa shape index (κ1) is 28.6. The molecule has 3 rings (SSSR count). The van der Waals surface area contributed by atoms with Crippen LogP contribution in [0.3, 0.4) is 0 Å². The summed E-state index contributed by atoms with van der Waals surface area (Å²) in [7, 11) is 0. The van der Waals surface area contributed by atoms with Gasteiger partial charge in [0.05, 0.1) is 43.2 Å². The molecule has 200 valence electrons. The van der Waals surface area contributed by atoms with Crippen LogP contribution in [-0.2, 0) is 20.8 Å². The smallest absolute Gasteiger partial charge is 0.247 e. The highest BCUT2D eigenvalue weighted by atomic mass is 16.2. The van der Waals surface area contributed by atoms with E-state index in [4.69, 9.17) is 11.5 Å². The molecule has 0 saturated carbocycles. The molecule has 0 bridgehead atoms. The highest BCUT2D eigenvalue weighted by molar-refractivity contribution is 5.99. The summed E-state index contributed by atoms with van der Waals surface area (Å²) < 4.78 is 0. The van der Waals surface area contributed by atoms with Crippen molar-refractivity contribution in [3.8, 4) is 0 Å². The molecule has 2 unspecified atom stereocenters. The van der Waals surface area contributed by atoms with Crippen LogP contribution in [0.2, 0.25) is 0 Å². The number of unbranched alkanes of at least 4 members (excludes halogenated alkanes) is 1. The van der Waals surface area contributed by atoms with Gasteiger partial charge >= 0.3 is 0 Å². The van der Waals surface area contributed by atoms with Crippen LogP contribution in [0.5, 0.6) is 0 Å². The third-order valence-electron chi connectivity index (χ3n) is 6.22. The Morgan fingerprint density at radius 2 is 1.74 bits per heavy atom. The molecule has 0 fully saturated rings. The van der Waals surface area contributed by atoms with E-state index in [1.165, 1.54) is 0 Å². The summed E-state index contributed by atoms with van der Waals surface area (Å²) in [6.45, 7) is 5.01. The van der Waals surface area contributed by atoms with Gasteiger partial charge in [0, 0.05) is 31.4 Å². The first-order chi connectivity index (χ1) is 18.4. The second-order valence-corrected chi connectivity index (χ2v) is 9.18. The quantitative estimate of drug-likeness (QED) is 0.242. The molecule has 0 radical (unpaired) electrons. The summed E-state index contributed by atoms with van der Waals surface area (Å²) in [4.78, 5) is 45.0. The maximum absolute atomic E-state index is 13.3. The van der Waals surface area contributed by atoms with Gasteiger partial charge in [0.2, 0.25) is 17.7 Å². The van der Waals surface area contributed by atoms with Crippen molar-refractivity contribution in [2.75, 3.05) is 25.0 Å². The van der Waals surface area contributed by atoms with Crippen molar-refractivity contribution in [2.24, 2.45) is 11.5 Å². The number of carbonyl (C=O) groups is 3. The van der Waals surface area contributed by atoms with Crippen molar-refractivity contribution in [1.82, 2.24) is 15.2 Å². The number of nitrogens with one attached hydrogen (secondary N) is 2. The van der Waals surface area contributed by atoms with Crippen molar-refractivity contribution in [1.29, 1.82) is 0 Å². The number of nitrogens with two attached hydrogens (primary N) is 2. The van der Waals surface area contributed by atoms with Crippen LogP contribution in [0.15, 0.2) is 66.9 Å². The summed E-state index contributed by atoms with van der Waals surface area (Å²) in [5, 5.41) is 6.51. The Kier molecular flexibility index (Phi) is 11.1. The van der Waals surface area contributed by atoms with Gasteiger partial charge in [0.15, 0.2) is 0 Å². The molecule has 3 amide bonds. The fourth-order valence-electron chi connectivity index (χ4n) is 4.10. The summed E-state index contributed by atoms with van der Waals surface area (Å²) >= 11 is 0. The highest BCUT2D eigenvalue weighted by Gasteiger charge is 2.26. The van der Waals surface area contributed by atoms with Crippen molar-refractivity contribution in [3.05, 3.63) is 79.3 Å². The molecular formula is C29H37N6O3+. The van der Waals surface area contributed by atoms with Gasteiger partial charge in [-0.15, -0.1) is 0 Å². The van der Waals surface area contributed by atoms with Gasteiger partial charge in [-0.25, -0.2) is 0 Å². The van der Waals surface area contributed by atoms with Gasteiger partial charge in [0.25, 0.3) is 0 Å². The van der Waals surface area contributed by atoms with E-state index < -0.39 is 18.0 Å². The van der Waals surface area contributed by atoms with Gasteiger partial charge in [0.1, 0.15) is 6.04 Å². The van der Waals surface area contributed by atoms with Crippen molar-refractivity contribution in [3.63, 3.8) is 0 Å². The Hall–Kier alpha value is -3.95. The topological polar surface area (TPSA) is 143 Å². The minimum absolute atomic E-state index is 0.176. The average molecular weight is 518 g/mol. The number of anilines is 1. The Morgan fingerprint density at radius 3 is 2.47 bits per heavy atom. The number of benzene rings is 2. The van der Waals surface area contributed by atoms with Crippen LogP contribution >= 0.6 is 0 Å². The van der Waals surface area contributed by atoms with E-state index >= 15 is 0 Å². The van der Waals surface area contributed by atoms with E-state index in [0.29, 0.717) is 44.6 Å². The molecule has 0 saturated heterocycles. The molecule has 0 spiro atoms. The largest absolute Gasteiger partial charge is 0.343 e. The van der Waals surface area contributed by atoms with E-state index in [-0.39, 0.29) is 18.2 Å². The van der Waals surface area contributed by atoms with Crippen LogP contribution in [0.25, 0.3) is 10.9 Å². The molecule has 0 aliphatic carbocycles. The molecular weight excluding hydrogens is 480 g/mol. The molecule has 3 aromatic rings. The van der Waals surface area contributed by atoms with Gasteiger partial charge in [-0.3, -0.25) is 19.4 Å². The molecule has 6 N–H and O–H groups in total. The second-order valence-electron chi connectivity index (χ2n) is 9.18. The van der Waals surface area contributed by atoms with E-state index in [1.54, 1.807) is 11.1 Å². The number of hydrogen-bond donors (Lipinski definition) is 4. The standard InChI is InChI=1S/C29H36N6O3/c1-2-3-16-35(17-15-30)27(36)19-24(31)28(37)34-26(14-13-21-9-5-4-6-10-21)29(38)33-23-18-22-11-7-8-12-25(22)32-20-23/h4-12,18,20,24,26H,1-3,13-17,19,30-31H2,(H-,33,34,37,38)/p+1. The van der Waals surface area contributed by atoms with Crippen LogP contribution < -0.4 is 22.1 Å². The molecule has 9 nitrogen and oxygen atoms in total. The number of carbonyl (C=O) groups excluding carboxylic acids is 3. The Balaban J connectivity index is 1.68. The Bertz CT molecular complexity index is 1200. The molecule has 9 heteroatoms. The van der Waals surface area contributed by atoms with E-state index in [1.807, 2.05) is 60.7 Å². The maximum Gasteiger partial charge on any atom is 0.247 e. The summed E-state index contributed by atoms with van der Waals surface area (Å²) in [5.41, 5.74) is 14.1. The van der Waals surface area contributed by atoms with E-state index in [9.17, 15) is 14.4 Å². The van der Waals surface area contributed by atoms with Crippen LogP contribution in [0, 0.1) is 6.92 Å². The first-order valence-electron chi connectivity index (χ1n) is 12.9. The zero-order valence-electron chi connectivity index (χ0n) is 21.6. The first-order valence-corrected chi connectivity index (χ1v) is 12.9. The summed E-state index contributed by atoms with van der Waals surface area (Å²) in [5.74, 6) is -1.20. The van der Waals surface area contributed by atoms with Crippen molar-refractivity contribution < 1.29 is 14.4 Å². The molecule has 2 aromatic carbocycles. The van der Waals surface area contributed by atoms with Gasteiger partial charge in [-0.05, 0) is 30.5 Å². The van der Waals surface area contributed by atoms with Crippen LogP contribution in [0.4, 0.5) is 5.69 Å². The molecule has 1 heterocycles. The SMILES string of the molecule is [CH2+]CCCN(CCN)C(=O)CC(N)C(=O)NC(CCc1ccccc1)C(=O)Nc1cnc2ccccc2c1. The lowest BCUT2D eigenvalue weighted by Gasteiger charge is -2.24. The normalized spacial score (nSPS) is 12.5. The van der Waals surface area contributed by atoms with Gasteiger partial charge in [-0.2, -0.15) is 0 Å².